The van der Waals surface area contributed by atoms with Crippen molar-refractivity contribution in [3.8, 4) is 0 Å². The van der Waals surface area contributed by atoms with E-state index in [2.05, 4.69) is 5.10 Å². The maximum absolute atomic E-state index is 12.6. The SMILES string of the molecule is Cc1ccc(S(=O)(=O)c2cnn(S(=O)(=O)c3ccc(C)cc3)c2)cc1. The maximum Gasteiger partial charge on any atom is 0.282 e. The van der Waals surface area contributed by atoms with Gasteiger partial charge in [-0.1, -0.05) is 35.4 Å². The number of aromatic nitrogens is 2. The van der Waals surface area contributed by atoms with Gasteiger partial charge in [-0.25, -0.2) is 8.42 Å². The molecule has 1 aromatic heterocycles. The molecule has 3 rings (SSSR count). The van der Waals surface area contributed by atoms with Gasteiger partial charge in [0, 0.05) is 0 Å². The van der Waals surface area contributed by atoms with Gasteiger partial charge in [0.05, 0.1) is 22.2 Å². The van der Waals surface area contributed by atoms with Gasteiger partial charge in [0.1, 0.15) is 4.90 Å². The fourth-order valence-corrected chi connectivity index (χ4v) is 4.61. The predicted octanol–water partition coefficient (Wildman–Crippen LogP) is 2.57. The van der Waals surface area contributed by atoms with Crippen LogP contribution in [-0.4, -0.2) is 26.0 Å². The lowest BCUT2D eigenvalue weighted by Crippen LogP contribution is -2.13. The van der Waals surface area contributed by atoms with Crippen molar-refractivity contribution in [1.29, 1.82) is 0 Å². The lowest BCUT2D eigenvalue weighted by Gasteiger charge is -2.04. The second kappa shape index (κ2) is 6.12. The minimum atomic E-state index is -3.94. The van der Waals surface area contributed by atoms with Crippen LogP contribution in [0, 0.1) is 13.8 Å². The van der Waals surface area contributed by atoms with Gasteiger partial charge < -0.3 is 0 Å². The van der Waals surface area contributed by atoms with E-state index in [1.165, 1.54) is 24.3 Å². The minimum absolute atomic E-state index is 0.0421. The van der Waals surface area contributed by atoms with E-state index in [1.54, 1.807) is 24.3 Å². The molecule has 0 saturated carbocycles. The highest BCUT2D eigenvalue weighted by Gasteiger charge is 2.24. The van der Waals surface area contributed by atoms with Gasteiger partial charge in [-0.15, -0.1) is 0 Å². The first-order valence-corrected chi connectivity index (χ1v) is 10.3. The molecule has 25 heavy (non-hydrogen) atoms. The summed E-state index contributed by atoms with van der Waals surface area (Å²) in [6, 6.07) is 12.6. The van der Waals surface area contributed by atoms with Gasteiger partial charge in [-0.05, 0) is 38.1 Å². The predicted molar refractivity (Wildman–Crippen MR) is 92.6 cm³/mol. The van der Waals surface area contributed by atoms with Crippen molar-refractivity contribution in [3.05, 3.63) is 72.1 Å². The molecule has 0 N–H and O–H groups in total. The van der Waals surface area contributed by atoms with E-state index >= 15 is 0 Å². The Morgan fingerprint density at radius 3 is 1.72 bits per heavy atom. The molecule has 0 saturated heterocycles. The molecule has 1 heterocycles. The van der Waals surface area contributed by atoms with Crippen molar-refractivity contribution < 1.29 is 16.8 Å². The molecule has 0 unspecified atom stereocenters. The van der Waals surface area contributed by atoms with E-state index in [-0.39, 0.29) is 14.7 Å². The Hall–Kier alpha value is -2.45. The normalized spacial score (nSPS) is 12.2. The molecule has 8 heteroatoms. The zero-order chi connectivity index (χ0) is 18.2. The van der Waals surface area contributed by atoms with Crippen LogP contribution >= 0.6 is 0 Å². The molecule has 0 bridgehead atoms. The number of sulfone groups is 1. The Morgan fingerprint density at radius 2 is 1.20 bits per heavy atom. The number of hydrogen-bond donors (Lipinski definition) is 0. The summed E-state index contributed by atoms with van der Waals surface area (Å²) in [5.41, 5.74) is 1.85. The highest BCUT2D eigenvalue weighted by atomic mass is 32.2. The highest BCUT2D eigenvalue weighted by molar-refractivity contribution is 7.91. The second-order valence-corrected chi connectivity index (χ2v) is 9.43. The van der Waals surface area contributed by atoms with Crippen molar-refractivity contribution in [2.45, 2.75) is 28.5 Å². The van der Waals surface area contributed by atoms with Crippen molar-refractivity contribution >= 4 is 19.9 Å². The quantitative estimate of drug-likeness (QED) is 0.698. The summed E-state index contributed by atoms with van der Waals surface area (Å²) in [5, 5.41) is 3.75. The average molecular weight is 376 g/mol. The third kappa shape index (κ3) is 3.22. The molecule has 130 valence electrons. The van der Waals surface area contributed by atoms with Crippen LogP contribution in [-0.2, 0) is 19.9 Å². The first kappa shape index (κ1) is 17.4. The topological polar surface area (TPSA) is 86.1 Å². The molecule has 0 amide bonds. The summed E-state index contributed by atoms with van der Waals surface area (Å²) in [5.74, 6) is 0. The third-order valence-electron chi connectivity index (χ3n) is 3.74. The van der Waals surface area contributed by atoms with Crippen LogP contribution in [0.15, 0.2) is 75.6 Å². The molecule has 0 spiro atoms. The van der Waals surface area contributed by atoms with Crippen LogP contribution in [0.5, 0.6) is 0 Å². The highest BCUT2D eigenvalue weighted by Crippen LogP contribution is 2.22. The smallest absolute Gasteiger partial charge is 0.218 e. The summed E-state index contributed by atoms with van der Waals surface area (Å²) in [7, 11) is -7.77. The molecule has 6 nitrogen and oxygen atoms in total. The summed E-state index contributed by atoms with van der Waals surface area (Å²) < 4.78 is 51.1. The molecule has 0 atom stereocenters. The lowest BCUT2D eigenvalue weighted by molar-refractivity contribution is 0.580. The molecule has 3 aromatic rings. The molecule has 0 radical (unpaired) electrons. The lowest BCUT2D eigenvalue weighted by atomic mass is 10.2. The number of nitrogens with zero attached hydrogens (tertiary/aromatic N) is 2. The maximum atomic E-state index is 12.6. The molecule has 2 aromatic carbocycles. The minimum Gasteiger partial charge on any atom is -0.218 e. The number of benzene rings is 2. The van der Waals surface area contributed by atoms with E-state index in [0.717, 1.165) is 23.5 Å². The largest absolute Gasteiger partial charge is 0.282 e. The molecule has 0 aliphatic heterocycles. The molecular weight excluding hydrogens is 360 g/mol. The van der Waals surface area contributed by atoms with Crippen LogP contribution in [0.4, 0.5) is 0 Å². The molecule has 0 fully saturated rings. The summed E-state index contributed by atoms with van der Waals surface area (Å²) in [6.45, 7) is 3.69. The standard InChI is InChI=1S/C17H16N2O4S2/c1-13-3-7-15(8-4-13)24(20,21)17-11-18-19(12-17)25(22,23)16-9-5-14(2)6-10-16/h3-12H,1-2H3. The van der Waals surface area contributed by atoms with Gasteiger partial charge in [-0.3, -0.25) is 0 Å². The third-order valence-corrected chi connectivity index (χ3v) is 7.03. The number of hydrogen-bond acceptors (Lipinski definition) is 5. The summed E-state index contributed by atoms with van der Waals surface area (Å²) in [6.07, 6.45) is 2.06. The van der Waals surface area contributed by atoms with Gasteiger partial charge in [0.25, 0.3) is 10.0 Å². The van der Waals surface area contributed by atoms with E-state index in [9.17, 15) is 16.8 Å². The van der Waals surface area contributed by atoms with Crippen molar-refractivity contribution in [2.75, 3.05) is 0 Å². The second-order valence-electron chi connectivity index (χ2n) is 5.68. The summed E-state index contributed by atoms with van der Waals surface area (Å²) in [4.78, 5) is -0.0436. The average Bonchev–Trinajstić information content (AvgIpc) is 3.07. The van der Waals surface area contributed by atoms with E-state index in [0.29, 0.717) is 4.09 Å². The van der Waals surface area contributed by atoms with E-state index < -0.39 is 19.9 Å². The van der Waals surface area contributed by atoms with Gasteiger partial charge >= 0.3 is 0 Å². The number of rotatable bonds is 4. The molecular formula is C17H16N2O4S2. The van der Waals surface area contributed by atoms with E-state index in [1.807, 2.05) is 13.8 Å². The van der Waals surface area contributed by atoms with Gasteiger partial charge in [0.15, 0.2) is 0 Å². The van der Waals surface area contributed by atoms with Crippen molar-refractivity contribution in [1.82, 2.24) is 9.19 Å². The molecule has 0 aliphatic rings. The van der Waals surface area contributed by atoms with E-state index in [4.69, 9.17) is 0 Å². The Balaban J connectivity index is 2.02. The van der Waals surface area contributed by atoms with Crippen molar-refractivity contribution in [3.63, 3.8) is 0 Å². The Kier molecular flexibility index (Phi) is 4.26. The van der Waals surface area contributed by atoms with Crippen molar-refractivity contribution in [2.24, 2.45) is 0 Å². The van der Waals surface area contributed by atoms with Crippen LogP contribution in [0.2, 0.25) is 0 Å². The summed E-state index contributed by atoms with van der Waals surface area (Å²) >= 11 is 0. The fourth-order valence-electron chi connectivity index (χ4n) is 2.23. The number of aryl methyl sites for hydroxylation is 2. The van der Waals surface area contributed by atoms with Gasteiger partial charge in [-0.2, -0.15) is 17.6 Å². The van der Waals surface area contributed by atoms with Gasteiger partial charge in [0.2, 0.25) is 9.84 Å². The Labute approximate surface area is 146 Å². The zero-order valence-electron chi connectivity index (χ0n) is 13.6. The van der Waals surface area contributed by atoms with Crippen LogP contribution in [0.1, 0.15) is 11.1 Å². The zero-order valence-corrected chi connectivity index (χ0v) is 15.3. The van der Waals surface area contributed by atoms with Crippen LogP contribution in [0.25, 0.3) is 0 Å². The first-order chi connectivity index (χ1) is 11.7. The Bertz CT molecular complexity index is 1020. The Morgan fingerprint density at radius 1 is 0.720 bits per heavy atom. The van der Waals surface area contributed by atoms with Crippen LogP contribution in [0.3, 0.4) is 0 Å². The molecule has 0 aliphatic carbocycles. The van der Waals surface area contributed by atoms with Crippen LogP contribution < -0.4 is 0 Å². The monoisotopic (exact) mass is 376 g/mol. The fraction of sp³-hybridized carbons (Fsp3) is 0.118. The first-order valence-electron chi connectivity index (χ1n) is 7.40.